The van der Waals surface area contributed by atoms with Gasteiger partial charge in [-0.05, 0) is 64.7 Å². The Labute approximate surface area is 260 Å². The van der Waals surface area contributed by atoms with E-state index in [1.54, 1.807) is 36.4 Å². The number of hydrogen-bond donors (Lipinski definition) is 2. The number of esters is 1. The van der Waals surface area contributed by atoms with Crippen molar-refractivity contribution in [1.82, 2.24) is 10.9 Å². The Morgan fingerprint density at radius 2 is 1.23 bits per heavy atom. The second-order valence-corrected chi connectivity index (χ2v) is 11.8. The Hall–Kier alpha value is -5.09. The van der Waals surface area contributed by atoms with Crippen LogP contribution >= 0.6 is 15.9 Å². The first kappa shape index (κ1) is 27.7. The molecule has 3 aliphatic carbocycles. The number of nitrogens with zero attached hydrogens (tertiary/aromatic N) is 1. The summed E-state index contributed by atoms with van der Waals surface area (Å²) in [6, 6.07) is 28.6. The molecule has 4 aromatic rings. The maximum Gasteiger partial charge on any atom is 0.338 e. The smallest absolute Gasteiger partial charge is 0.338 e. The molecule has 4 aliphatic rings. The second kappa shape index (κ2) is 10.9. The van der Waals surface area contributed by atoms with Crippen LogP contribution in [0.15, 0.2) is 102 Å². The van der Waals surface area contributed by atoms with E-state index in [2.05, 4.69) is 26.8 Å². The highest BCUT2D eigenvalue weighted by Crippen LogP contribution is 2.61. The summed E-state index contributed by atoms with van der Waals surface area (Å²) in [5, 5.41) is 0. The number of ether oxygens (including phenoxy) is 1. The Morgan fingerprint density at radius 3 is 1.77 bits per heavy atom. The SMILES string of the molecule is O=C(COC(=O)c1cccc(N2C(=O)[C@@H]3C4c5ccccc5C(c5ccccc54)[C@H]3C2=O)c1)NNC(=O)c1ccc(Br)cc1. The summed E-state index contributed by atoms with van der Waals surface area (Å²) >= 11 is 3.29. The number of hydrazine groups is 1. The van der Waals surface area contributed by atoms with Crippen LogP contribution in [0.1, 0.15) is 54.8 Å². The summed E-state index contributed by atoms with van der Waals surface area (Å²) in [7, 11) is 0. The fourth-order valence-electron chi connectivity index (χ4n) is 6.75. The molecule has 218 valence electrons. The number of nitrogens with one attached hydrogen (secondary N) is 2. The van der Waals surface area contributed by atoms with E-state index in [1.165, 1.54) is 17.0 Å². The molecule has 1 aliphatic heterocycles. The number of imide groups is 1. The third-order valence-electron chi connectivity index (χ3n) is 8.54. The van der Waals surface area contributed by atoms with Gasteiger partial charge in [0.15, 0.2) is 6.61 Å². The molecule has 9 nitrogen and oxygen atoms in total. The van der Waals surface area contributed by atoms with E-state index in [1.807, 2.05) is 48.5 Å². The molecule has 1 heterocycles. The molecule has 2 atom stereocenters. The van der Waals surface area contributed by atoms with Crippen molar-refractivity contribution >= 4 is 51.2 Å². The van der Waals surface area contributed by atoms with Crippen molar-refractivity contribution < 1.29 is 28.7 Å². The predicted molar refractivity (Wildman–Crippen MR) is 163 cm³/mol. The summed E-state index contributed by atoms with van der Waals surface area (Å²) in [5.41, 5.74) is 9.42. The van der Waals surface area contributed by atoms with Crippen molar-refractivity contribution in [3.63, 3.8) is 0 Å². The molecular weight excluding hydrogens is 626 g/mol. The van der Waals surface area contributed by atoms with Gasteiger partial charge in [-0.2, -0.15) is 0 Å². The van der Waals surface area contributed by atoms with Gasteiger partial charge in [0.05, 0.1) is 23.1 Å². The Kier molecular flexibility index (Phi) is 6.85. The largest absolute Gasteiger partial charge is 0.452 e. The molecule has 0 radical (unpaired) electrons. The van der Waals surface area contributed by atoms with Crippen LogP contribution in [-0.2, 0) is 19.1 Å². The van der Waals surface area contributed by atoms with Gasteiger partial charge in [0.2, 0.25) is 11.8 Å². The van der Waals surface area contributed by atoms with Crippen molar-refractivity contribution in [2.45, 2.75) is 11.8 Å². The number of carbonyl (C=O) groups is 5. The highest BCUT2D eigenvalue weighted by molar-refractivity contribution is 9.10. The molecule has 10 heteroatoms. The minimum atomic E-state index is -0.822. The van der Waals surface area contributed by atoms with E-state index >= 15 is 0 Å². The zero-order chi connectivity index (χ0) is 30.5. The molecular formula is C34H24BrN3O6. The maximum absolute atomic E-state index is 14.0. The lowest BCUT2D eigenvalue weighted by Crippen LogP contribution is -2.43. The molecule has 0 saturated carbocycles. The zero-order valence-corrected chi connectivity index (χ0v) is 24.6. The molecule has 44 heavy (non-hydrogen) atoms. The van der Waals surface area contributed by atoms with Gasteiger partial charge in [0, 0.05) is 21.9 Å². The van der Waals surface area contributed by atoms with Gasteiger partial charge in [0.1, 0.15) is 0 Å². The molecule has 1 saturated heterocycles. The summed E-state index contributed by atoms with van der Waals surface area (Å²) in [4.78, 5) is 66.5. The van der Waals surface area contributed by atoms with Crippen molar-refractivity contribution in [2.75, 3.05) is 11.5 Å². The first-order chi connectivity index (χ1) is 21.3. The minimum absolute atomic E-state index is 0.0687. The van der Waals surface area contributed by atoms with E-state index in [0.29, 0.717) is 5.56 Å². The Morgan fingerprint density at radius 1 is 0.682 bits per heavy atom. The van der Waals surface area contributed by atoms with Gasteiger partial charge in [-0.15, -0.1) is 0 Å². The van der Waals surface area contributed by atoms with E-state index in [9.17, 15) is 24.0 Å². The Bertz CT molecular complexity index is 1760. The summed E-state index contributed by atoms with van der Waals surface area (Å²) in [5.74, 6) is -4.29. The van der Waals surface area contributed by atoms with Crippen LogP contribution in [0, 0.1) is 11.8 Å². The lowest BCUT2D eigenvalue weighted by Gasteiger charge is -2.45. The summed E-state index contributed by atoms with van der Waals surface area (Å²) in [6.07, 6.45) is 0. The number of anilines is 1. The molecule has 2 bridgehead atoms. The highest BCUT2D eigenvalue weighted by atomic mass is 79.9. The molecule has 0 unspecified atom stereocenters. The summed E-state index contributed by atoms with van der Waals surface area (Å²) in [6.45, 7) is -0.657. The number of amides is 4. The first-order valence-electron chi connectivity index (χ1n) is 14.0. The lowest BCUT2D eigenvalue weighted by molar-refractivity contribution is -0.125. The predicted octanol–water partition coefficient (Wildman–Crippen LogP) is 4.46. The molecule has 0 aromatic heterocycles. The minimum Gasteiger partial charge on any atom is -0.452 e. The van der Waals surface area contributed by atoms with Crippen molar-refractivity contribution in [2.24, 2.45) is 11.8 Å². The molecule has 8 rings (SSSR count). The second-order valence-electron chi connectivity index (χ2n) is 10.9. The number of rotatable bonds is 5. The molecule has 0 spiro atoms. The van der Waals surface area contributed by atoms with Crippen LogP contribution in [0.3, 0.4) is 0 Å². The lowest BCUT2D eigenvalue weighted by atomic mass is 9.55. The fourth-order valence-corrected chi connectivity index (χ4v) is 7.02. The van der Waals surface area contributed by atoms with Crippen molar-refractivity contribution in [3.05, 3.63) is 135 Å². The monoisotopic (exact) mass is 649 g/mol. The van der Waals surface area contributed by atoms with Crippen LogP contribution < -0.4 is 15.8 Å². The quantitative estimate of drug-likeness (QED) is 0.187. The molecule has 4 aromatic carbocycles. The molecule has 4 amide bonds. The van der Waals surface area contributed by atoms with Crippen molar-refractivity contribution in [1.29, 1.82) is 0 Å². The van der Waals surface area contributed by atoms with E-state index in [0.717, 1.165) is 26.7 Å². The third kappa shape index (κ3) is 4.49. The van der Waals surface area contributed by atoms with Crippen LogP contribution in [-0.4, -0.2) is 36.2 Å². The maximum atomic E-state index is 14.0. The van der Waals surface area contributed by atoms with Crippen LogP contribution in [0.5, 0.6) is 0 Å². The summed E-state index contributed by atoms with van der Waals surface area (Å²) < 4.78 is 5.94. The number of hydrogen-bond acceptors (Lipinski definition) is 6. The number of benzene rings is 4. The molecule has 2 N–H and O–H groups in total. The van der Waals surface area contributed by atoms with E-state index in [4.69, 9.17) is 4.74 Å². The highest BCUT2D eigenvalue weighted by Gasteiger charge is 2.61. The van der Waals surface area contributed by atoms with Crippen molar-refractivity contribution in [3.8, 4) is 0 Å². The zero-order valence-electron chi connectivity index (χ0n) is 23.0. The normalized spacial score (nSPS) is 20.8. The van der Waals surface area contributed by atoms with E-state index < -0.39 is 36.2 Å². The third-order valence-corrected chi connectivity index (χ3v) is 9.07. The van der Waals surface area contributed by atoms with Gasteiger partial charge >= 0.3 is 5.97 Å². The first-order valence-corrected chi connectivity index (χ1v) is 14.8. The van der Waals surface area contributed by atoms with Gasteiger partial charge in [-0.25, -0.2) is 9.69 Å². The van der Waals surface area contributed by atoms with Gasteiger partial charge < -0.3 is 4.74 Å². The average molecular weight is 650 g/mol. The van der Waals surface area contributed by atoms with Gasteiger partial charge in [0.25, 0.3) is 11.8 Å². The Balaban J connectivity index is 1.06. The number of carbonyl (C=O) groups excluding carboxylic acids is 5. The average Bonchev–Trinajstić information content (AvgIpc) is 3.32. The topological polar surface area (TPSA) is 122 Å². The molecule has 1 fully saturated rings. The fraction of sp³-hybridized carbons (Fsp3) is 0.147. The standard InChI is InChI=1S/C34H24BrN3O6/c35-20-14-12-18(13-15-20)31(40)37-36-26(39)17-44-34(43)19-6-5-7-21(16-19)38-32(41)29-27-22-8-1-2-9-23(22)28(30(29)33(38)42)25-11-4-3-10-24(25)27/h1-16,27-30H,17H2,(H,36,39)(H,37,40)/t27?,28?,29-,30-/m1/s1. The van der Waals surface area contributed by atoms with Gasteiger partial charge in [-0.3, -0.25) is 30.0 Å². The van der Waals surface area contributed by atoms with Gasteiger partial charge in [-0.1, -0.05) is 70.5 Å². The number of halogens is 1. The van der Waals surface area contributed by atoms with Crippen LogP contribution in [0.25, 0.3) is 0 Å². The van der Waals surface area contributed by atoms with Crippen LogP contribution in [0.4, 0.5) is 5.69 Å². The van der Waals surface area contributed by atoms with E-state index in [-0.39, 0.29) is 34.9 Å². The van der Waals surface area contributed by atoms with Crippen LogP contribution in [0.2, 0.25) is 0 Å².